The van der Waals surface area contributed by atoms with Gasteiger partial charge < -0.3 is 5.32 Å². The molecule has 0 bridgehead atoms. The van der Waals surface area contributed by atoms with Crippen LogP contribution < -0.4 is 5.32 Å². The van der Waals surface area contributed by atoms with Crippen LogP contribution in [0.15, 0.2) is 88.8 Å². The number of thioether (sulfide) groups is 1. The third-order valence-electron chi connectivity index (χ3n) is 4.58. The van der Waals surface area contributed by atoms with E-state index in [4.69, 9.17) is 21.6 Å². The lowest BCUT2D eigenvalue weighted by Gasteiger charge is -2.08. The highest BCUT2D eigenvalue weighted by Crippen LogP contribution is 2.33. The predicted molar refractivity (Wildman–Crippen MR) is 127 cm³/mol. The first-order valence-electron chi connectivity index (χ1n) is 9.61. The molecular weight excluding hydrogens is 414 g/mol. The molecule has 1 heterocycles. The van der Waals surface area contributed by atoms with E-state index < -0.39 is 0 Å². The Bertz CT molecular complexity index is 1090. The Balaban J connectivity index is 1.47. The molecule has 0 saturated heterocycles. The van der Waals surface area contributed by atoms with Crippen molar-refractivity contribution in [2.45, 2.75) is 13.0 Å². The van der Waals surface area contributed by atoms with Gasteiger partial charge in [-0.25, -0.2) is 4.99 Å². The molecule has 0 aliphatic carbocycles. The van der Waals surface area contributed by atoms with Crippen LogP contribution in [-0.2, 0) is 11.3 Å². The van der Waals surface area contributed by atoms with E-state index in [1.165, 1.54) is 11.8 Å². The van der Waals surface area contributed by atoms with Gasteiger partial charge in [-0.15, -0.1) is 11.8 Å². The van der Waals surface area contributed by atoms with Crippen LogP contribution in [0.5, 0.6) is 0 Å². The Morgan fingerprint density at radius 2 is 1.57 bits per heavy atom. The lowest BCUT2D eigenvalue weighted by atomic mass is 10.1. The highest BCUT2D eigenvalue weighted by molar-refractivity contribution is 8.14. The molecule has 3 aromatic rings. The molecule has 0 atom stereocenters. The summed E-state index contributed by atoms with van der Waals surface area (Å²) < 4.78 is 0. The predicted octanol–water partition coefficient (Wildman–Crippen LogP) is 5.94. The van der Waals surface area contributed by atoms with Gasteiger partial charge in [0, 0.05) is 18.0 Å². The molecule has 0 unspecified atom stereocenters. The van der Waals surface area contributed by atoms with Gasteiger partial charge in [-0.1, -0.05) is 66.2 Å². The van der Waals surface area contributed by atoms with Gasteiger partial charge in [-0.3, -0.25) is 9.79 Å². The molecule has 150 valence electrons. The van der Waals surface area contributed by atoms with Crippen molar-refractivity contribution < 1.29 is 4.79 Å². The minimum Gasteiger partial charge on any atom is -0.351 e. The molecule has 3 aromatic carbocycles. The van der Waals surface area contributed by atoms with Crippen LogP contribution in [0.25, 0.3) is 0 Å². The molecule has 1 N–H and O–H groups in total. The third-order valence-corrected chi connectivity index (χ3v) is 5.81. The first-order chi connectivity index (χ1) is 14.7. The monoisotopic (exact) mass is 433 g/mol. The second kappa shape index (κ2) is 9.74. The first-order valence-corrected chi connectivity index (χ1v) is 11.0. The number of carbonyl (C=O) groups excluding carboxylic acids is 1. The molecule has 1 amide bonds. The van der Waals surface area contributed by atoms with Gasteiger partial charge in [0.1, 0.15) is 0 Å². The van der Waals surface area contributed by atoms with Crippen molar-refractivity contribution in [3.63, 3.8) is 0 Å². The van der Waals surface area contributed by atoms with Crippen molar-refractivity contribution in [3.05, 3.63) is 95.0 Å². The number of nitrogens with zero attached hydrogens (tertiary/aromatic N) is 2. The van der Waals surface area contributed by atoms with E-state index in [2.05, 4.69) is 5.32 Å². The second-order valence-electron chi connectivity index (χ2n) is 6.79. The third kappa shape index (κ3) is 5.38. The molecule has 4 nitrogen and oxygen atoms in total. The standard InChI is InChI=1S/C24H20ClN3OS/c25-19-12-10-18(11-13-19)22-14-24(28-21-9-5-4-8-20(21)27-22)30-16-23(29)26-15-17-6-2-1-3-7-17/h1-13H,14-16H2,(H,26,29). The van der Waals surface area contributed by atoms with E-state index in [9.17, 15) is 4.79 Å². The van der Waals surface area contributed by atoms with E-state index in [0.717, 1.165) is 33.3 Å². The molecule has 30 heavy (non-hydrogen) atoms. The number of rotatable bonds is 5. The maximum Gasteiger partial charge on any atom is 0.230 e. The molecular formula is C24H20ClN3OS. The largest absolute Gasteiger partial charge is 0.351 e. The lowest BCUT2D eigenvalue weighted by Crippen LogP contribution is -2.25. The highest BCUT2D eigenvalue weighted by atomic mass is 35.5. The number of para-hydroxylation sites is 2. The van der Waals surface area contributed by atoms with Crippen LogP contribution in [-0.4, -0.2) is 22.4 Å². The van der Waals surface area contributed by atoms with Crippen LogP contribution in [0.2, 0.25) is 5.02 Å². The number of amides is 1. The van der Waals surface area contributed by atoms with Crippen molar-refractivity contribution in [1.82, 2.24) is 5.32 Å². The average Bonchev–Trinajstić information content (AvgIpc) is 2.97. The summed E-state index contributed by atoms with van der Waals surface area (Å²) >= 11 is 7.49. The SMILES string of the molecule is O=C(CSC1=Nc2ccccc2N=C(c2ccc(Cl)cc2)C1)NCc1ccccc1. The Kier molecular flexibility index (Phi) is 6.62. The summed E-state index contributed by atoms with van der Waals surface area (Å²) in [5.74, 6) is 0.288. The van der Waals surface area contributed by atoms with Gasteiger partial charge >= 0.3 is 0 Å². The summed E-state index contributed by atoms with van der Waals surface area (Å²) in [5, 5.41) is 4.51. The minimum atomic E-state index is -0.0194. The van der Waals surface area contributed by atoms with Crippen LogP contribution in [0.4, 0.5) is 11.4 Å². The summed E-state index contributed by atoms with van der Waals surface area (Å²) in [6.07, 6.45) is 0.562. The molecule has 0 radical (unpaired) electrons. The van der Waals surface area contributed by atoms with Gasteiger partial charge in [-0.05, 0) is 35.4 Å². The number of benzene rings is 3. The minimum absolute atomic E-state index is 0.0194. The van der Waals surface area contributed by atoms with Gasteiger partial charge in [0.15, 0.2) is 0 Å². The molecule has 0 aromatic heterocycles. The van der Waals surface area contributed by atoms with E-state index in [0.29, 0.717) is 23.7 Å². The average molecular weight is 434 g/mol. The van der Waals surface area contributed by atoms with E-state index in [1.807, 2.05) is 78.9 Å². The smallest absolute Gasteiger partial charge is 0.230 e. The van der Waals surface area contributed by atoms with E-state index in [-0.39, 0.29) is 5.91 Å². The van der Waals surface area contributed by atoms with E-state index >= 15 is 0 Å². The molecule has 0 saturated carbocycles. The van der Waals surface area contributed by atoms with Crippen LogP contribution in [0.1, 0.15) is 17.5 Å². The van der Waals surface area contributed by atoms with Crippen molar-refractivity contribution in [3.8, 4) is 0 Å². The maximum absolute atomic E-state index is 12.3. The van der Waals surface area contributed by atoms with Crippen LogP contribution >= 0.6 is 23.4 Å². The fraction of sp³-hybridized carbons (Fsp3) is 0.125. The molecule has 0 spiro atoms. The highest BCUT2D eigenvalue weighted by Gasteiger charge is 2.16. The van der Waals surface area contributed by atoms with Crippen molar-refractivity contribution in [1.29, 1.82) is 0 Å². The molecule has 1 aliphatic heterocycles. The zero-order chi connectivity index (χ0) is 20.8. The lowest BCUT2D eigenvalue weighted by molar-refractivity contribution is -0.118. The van der Waals surface area contributed by atoms with Gasteiger partial charge in [0.05, 0.1) is 27.9 Å². The number of aliphatic imine (C=N–C) groups is 2. The Labute approximate surface area is 185 Å². The number of nitrogens with one attached hydrogen (secondary N) is 1. The normalized spacial score (nSPS) is 13.0. The number of hydrogen-bond donors (Lipinski definition) is 1. The zero-order valence-corrected chi connectivity index (χ0v) is 17.8. The summed E-state index contributed by atoms with van der Waals surface area (Å²) in [4.78, 5) is 22.0. The van der Waals surface area contributed by atoms with Crippen molar-refractivity contribution >= 4 is 51.4 Å². The van der Waals surface area contributed by atoms with Crippen molar-refractivity contribution in [2.24, 2.45) is 9.98 Å². The summed E-state index contributed by atoms with van der Waals surface area (Å²) in [6.45, 7) is 0.521. The fourth-order valence-corrected chi connectivity index (χ4v) is 3.97. The summed E-state index contributed by atoms with van der Waals surface area (Å²) in [7, 11) is 0. The van der Waals surface area contributed by atoms with Gasteiger partial charge in [0.25, 0.3) is 0 Å². The quantitative estimate of drug-likeness (QED) is 0.541. The maximum atomic E-state index is 12.3. The number of halogens is 1. The Hall–Kier alpha value is -2.89. The van der Waals surface area contributed by atoms with Gasteiger partial charge in [0.2, 0.25) is 5.91 Å². The Morgan fingerprint density at radius 1 is 0.900 bits per heavy atom. The number of fused-ring (bicyclic) bond motifs is 1. The molecule has 0 fully saturated rings. The number of carbonyl (C=O) groups is 1. The second-order valence-corrected chi connectivity index (χ2v) is 8.27. The van der Waals surface area contributed by atoms with Crippen molar-refractivity contribution in [2.75, 3.05) is 5.75 Å². The summed E-state index contributed by atoms with van der Waals surface area (Å²) in [5.41, 5.74) is 4.62. The first kappa shape index (κ1) is 20.4. The molecule has 1 aliphatic rings. The number of hydrogen-bond acceptors (Lipinski definition) is 4. The summed E-state index contributed by atoms with van der Waals surface area (Å²) in [6, 6.07) is 25.3. The zero-order valence-electron chi connectivity index (χ0n) is 16.2. The van der Waals surface area contributed by atoms with Gasteiger partial charge in [-0.2, -0.15) is 0 Å². The molecule has 6 heteroatoms. The van der Waals surface area contributed by atoms with E-state index in [1.54, 1.807) is 0 Å². The topological polar surface area (TPSA) is 53.8 Å². The Morgan fingerprint density at radius 3 is 2.30 bits per heavy atom. The van der Waals surface area contributed by atoms with Crippen LogP contribution in [0, 0.1) is 0 Å². The fourth-order valence-electron chi connectivity index (χ4n) is 3.04. The van der Waals surface area contributed by atoms with Crippen LogP contribution in [0.3, 0.4) is 0 Å². The molecule has 4 rings (SSSR count).